The van der Waals surface area contributed by atoms with Crippen LogP contribution in [0.2, 0.25) is 0 Å². The van der Waals surface area contributed by atoms with Crippen molar-refractivity contribution in [1.29, 1.82) is 0 Å². The van der Waals surface area contributed by atoms with Crippen molar-refractivity contribution in [2.24, 2.45) is 0 Å². The number of nitrogens with zero attached hydrogens (tertiary/aromatic N) is 4. The van der Waals surface area contributed by atoms with Crippen molar-refractivity contribution in [3.8, 4) is 5.69 Å². The van der Waals surface area contributed by atoms with Gasteiger partial charge in [-0.25, -0.2) is 4.79 Å². The Morgan fingerprint density at radius 2 is 1.37 bits per heavy atom. The lowest BCUT2D eigenvalue weighted by atomic mass is 10.1. The number of rotatable bonds is 5. The number of aryl methyl sites for hydroxylation is 1. The van der Waals surface area contributed by atoms with E-state index in [4.69, 9.17) is 0 Å². The van der Waals surface area contributed by atoms with Gasteiger partial charge in [0.1, 0.15) is 5.57 Å². The Bertz CT molecular complexity index is 1360. The molecule has 0 N–H and O–H groups in total. The molecule has 35 heavy (non-hydrogen) atoms. The van der Waals surface area contributed by atoms with E-state index in [1.165, 1.54) is 44.1 Å². The van der Waals surface area contributed by atoms with Crippen LogP contribution in [0.25, 0.3) is 11.8 Å². The number of barbiturate groups is 1. The highest BCUT2D eigenvalue weighted by molar-refractivity contribution is 7.99. The predicted octanol–water partition coefficient (Wildman–Crippen LogP) is 4.59. The van der Waals surface area contributed by atoms with E-state index in [9.17, 15) is 24.5 Å². The molecule has 0 saturated carbocycles. The first kappa shape index (κ1) is 24.0. The quantitative estimate of drug-likeness (QED) is 0.224. The largest absolute Gasteiger partial charge is 0.333 e. The first-order chi connectivity index (χ1) is 16.6. The number of nitro benzene ring substituents is 1. The average molecular weight is 491 g/mol. The van der Waals surface area contributed by atoms with E-state index in [0.29, 0.717) is 5.56 Å². The van der Waals surface area contributed by atoms with Crippen LogP contribution in [-0.2, 0) is 9.59 Å². The molecule has 0 spiro atoms. The van der Waals surface area contributed by atoms with Crippen molar-refractivity contribution in [2.45, 2.75) is 23.6 Å². The third kappa shape index (κ3) is 4.47. The summed E-state index contributed by atoms with van der Waals surface area (Å²) in [4.78, 5) is 51.2. The van der Waals surface area contributed by atoms with Gasteiger partial charge < -0.3 is 4.57 Å². The monoisotopic (exact) mass is 490 g/mol. The minimum atomic E-state index is -0.658. The molecule has 178 valence electrons. The molecule has 4 rings (SSSR count). The Kier molecular flexibility index (Phi) is 6.31. The van der Waals surface area contributed by atoms with Crippen molar-refractivity contribution in [3.63, 3.8) is 0 Å². The van der Waals surface area contributed by atoms with Gasteiger partial charge in [-0.05, 0) is 68.0 Å². The van der Waals surface area contributed by atoms with E-state index in [1.54, 1.807) is 12.1 Å². The molecule has 1 aliphatic heterocycles. The number of likely N-dealkylation sites (N-methyl/N-ethyl adjacent to an activating group) is 2. The standard InChI is InChI=1S/C25H22N4O5S/c1-15-13-17(14-22-23(30)26(3)25(32)27(4)24(22)31)16(2)28(15)18-5-9-20(10-6-18)35-21-11-7-19(8-12-21)29(33)34/h5-14H,1-4H3. The highest BCUT2D eigenvalue weighted by atomic mass is 32.2. The maximum absolute atomic E-state index is 12.6. The van der Waals surface area contributed by atoms with Gasteiger partial charge in [0, 0.05) is 53.1 Å². The summed E-state index contributed by atoms with van der Waals surface area (Å²) in [5, 5.41) is 10.8. The van der Waals surface area contributed by atoms with Gasteiger partial charge in [-0.15, -0.1) is 0 Å². The Hall–Kier alpha value is -4.18. The number of benzene rings is 2. The fourth-order valence-corrected chi connectivity index (χ4v) is 4.71. The lowest BCUT2D eigenvalue weighted by molar-refractivity contribution is -0.384. The van der Waals surface area contributed by atoms with Crippen LogP contribution in [0.4, 0.5) is 10.5 Å². The van der Waals surface area contributed by atoms with Gasteiger partial charge in [-0.3, -0.25) is 29.5 Å². The normalized spacial score (nSPS) is 14.1. The van der Waals surface area contributed by atoms with Crippen molar-refractivity contribution in [3.05, 3.63) is 87.2 Å². The molecular weight excluding hydrogens is 468 g/mol. The molecule has 2 heterocycles. The van der Waals surface area contributed by atoms with Crippen molar-refractivity contribution < 1.29 is 19.3 Å². The summed E-state index contributed by atoms with van der Waals surface area (Å²) in [6.45, 7) is 3.83. The van der Waals surface area contributed by atoms with Crippen LogP contribution in [0.15, 0.2) is 70.0 Å². The van der Waals surface area contributed by atoms with Gasteiger partial charge in [0.15, 0.2) is 0 Å². The number of carbonyl (C=O) groups is 3. The van der Waals surface area contributed by atoms with Gasteiger partial charge in [0.2, 0.25) is 0 Å². The molecule has 1 saturated heterocycles. The summed E-state index contributed by atoms with van der Waals surface area (Å²) in [5.74, 6) is -1.26. The molecule has 9 nitrogen and oxygen atoms in total. The fourth-order valence-electron chi connectivity index (χ4n) is 3.90. The van der Waals surface area contributed by atoms with Crippen molar-refractivity contribution in [1.82, 2.24) is 14.4 Å². The Balaban J connectivity index is 1.60. The molecule has 1 aromatic heterocycles. The summed E-state index contributed by atoms with van der Waals surface area (Å²) in [6.07, 6.45) is 1.53. The maximum Gasteiger partial charge on any atom is 0.333 e. The summed E-state index contributed by atoms with van der Waals surface area (Å²) >= 11 is 1.50. The van der Waals surface area contributed by atoms with Crippen LogP contribution < -0.4 is 0 Å². The maximum atomic E-state index is 12.6. The summed E-state index contributed by atoms with van der Waals surface area (Å²) in [6, 6.07) is 15.5. The van der Waals surface area contributed by atoms with Crippen LogP contribution >= 0.6 is 11.8 Å². The number of hydrogen-bond donors (Lipinski definition) is 0. The van der Waals surface area contributed by atoms with E-state index >= 15 is 0 Å². The molecule has 0 bridgehead atoms. The lowest BCUT2D eigenvalue weighted by Gasteiger charge is -2.28. The predicted molar refractivity (Wildman–Crippen MR) is 131 cm³/mol. The molecule has 4 amide bonds. The molecule has 3 aromatic rings. The van der Waals surface area contributed by atoms with E-state index in [0.717, 1.165) is 36.7 Å². The summed E-state index contributed by atoms with van der Waals surface area (Å²) < 4.78 is 2.02. The zero-order chi connectivity index (χ0) is 25.4. The molecule has 1 aliphatic rings. The van der Waals surface area contributed by atoms with Crippen molar-refractivity contribution in [2.75, 3.05) is 14.1 Å². The van der Waals surface area contributed by atoms with Gasteiger partial charge in [0.25, 0.3) is 17.5 Å². The number of amides is 4. The van der Waals surface area contributed by atoms with Gasteiger partial charge in [-0.2, -0.15) is 0 Å². The lowest BCUT2D eigenvalue weighted by Crippen LogP contribution is -2.52. The highest BCUT2D eigenvalue weighted by Gasteiger charge is 2.38. The first-order valence-electron chi connectivity index (χ1n) is 10.6. The zero-order valence-electron chi connectivity index (χ0n) is 19.5. The summed E-state index contributed by atoms with van der Waals surface area (Å²) in [7, 11) is 2.70. The molecule has 2 aromatic carbocycles. The minimum Gasteiger partial charge on any atom is -0.318 e. The Morgan fingerprint density at radius 3 is 1.89 bits per heavy atom. The number of carbonyl (C=O) groups excluding carboxylic acids is 3. The van der Waals surface area contributed by atoms with Crippen LogP contribution in [0.1, 0.15) is 17.0 Å². The third-order valence-corrected chi connectivity index (χ3v) is 6.81. The molecule has 10 heteroatoms. The first-order valence-corrected chi connectivity index (χ1v) is 11.4. The third-order valence-electron chi connectivity index (χ3n) is 5.79. The van der Waals surface area contributed by atoms with Crippen molar-refractivity contribution >= 4 is 41.4 Å². The molecular formula is C25H22N4O5S. The van der Waals surface area contributed by atoms with Gasteiger partial charge >= 0.3 is 6.03 Å². The van der Waals surface area contributed by atoms with E-state index in [1.807, 2.05) is 48.7 Å². The zero-order valence-corrected chi connectivity index (χ0v) is 20.3. The van der Waals surface area contributed by atoms with Crippen LogP contribution in [0, 0.1) is 24.0 Å². The number of nitro groups is 1. The van der Waals surface area contributed by atoms with E-state index in [-0.39, 0.29) is 11.3 Å². The van der Waals surface area contributed by atoms with E-state index < -0.39 is 22.8 Å². The molecule has 0 radical (unpaired) electrons. The topological polar surface area (TPSA) is 106 Å². The second-order valence-electron chi connectivity index (χ2n) is 8.08. The smallest absolute Gasteiger partial charge is 0.318 e. The van der Waals surface area contributed by atoms with Crippen LogP contribution in [0.3, 0.4) is 0 Å². The number of urea groups is 1. The highest BCUT2D eigenvalue weighted by Crippen LogP contribution is 2.31. The second-order valence-corrected chi connectivity index (χ2v) is 9.22. The molecule has 0 aliphatic carbocycles. The minimum absolute atomic E-state index is 0.0514. The van der Waals surface area contributed by atoms with Gasteiger partial charge in [-0.1, -0.05) is 11.8 Å². The molecule has 0 atom stereocenters. The summed E-state index contributed by atoms with van der Waals surface area (Å²) in [5.41, 5.74) is 3.36. The number of non-ortho nitro benzene ring substituents is 1. The van der Waals surface area contributed by atoms with Gasteiger partial charge in [0.05, 0.1) is 4.92 Å². The number of hydrogen-bond acceptors (Lipinski definition) is 6. The van der Waals surface area contributed by atoms with Crippen LogP contribution in [0.5, 0.6) is 0 Å². The second kappa shape index (κ2) is 9.22. The molecule has 1 fully saturated rings. The van der Waals surface area contributed by atoms with E-state index in [2.05, 4.69) is 0 Å². The number of imide groups is 2. The SMILES string of the molecule is Cc1cc(C=C2C(=O)N(C)C(=O)N(C)C2=O)c(C)n1-c1ccc(Sc2ccc([N+](=O)[O-])cc2)cc1. The molecule has 0 unspecified atom stereocenters. The van der Waals surface area contributed by atoms with Crippen LogP contribution in [-0.4, -0.2) is 51.2 Å². The fraction of sp³-hybridized carbons (Fsp3) is 0.160. The average Bonchev–Trinajstić information content (AvgIpc) is 3.12. The number of aromatic nitrogens is 1. The Labute approximate surface area is 205 Å². The Morgan fingerprint density at radius 1 is 0.857 bits per heavy atom.